The number of benzene rings is 2. The molecule has 0 amide bonds. The van der Waals surface area contributed by atoms with Crippen molar-refractivity contribution in [1.82, 2.24) is 19.5 Å². The lowest BCUT2D eigenvalue weighted by Gasteiger charge is -2.10. The van der Waals surface area contributed by atoms with Gasteiger partial charge in [0.25, 0.3) is 5.56 Å². The quantitative estimate of drug-likeness (QED) is 0.562. The molecule has 0 saturated heterocycles. The highest BCUT2D eigenvalue weighted by Crippen LogP contribution is 2.25. The first-order chi connectivity index (χ1) is 13.5. The smallest absolute Gasteiger partial charge is 0.259 e. The molecule has 0 atom stereocenters. The maximum atomic E-state index is 12.2. The Morgan fingerprint density at radius 1 is 1.18 bits per heavy atom. The molecule has 1 N–H and O–H groups in total. The summed E-state index contributed by atoms with van der Waals surface area (Å²) in [4.78, 5) is 23.7. The summed E-state index contributed by atoms with van der Waals surface area (Å²) in [5.41, 5.74) is 3.66. The van der Waals surface area contributed by atoms with Crippen LogP contribution >= 0.6 is 0 Å². The molecule has 6 nitrogen and oxygen atoms in total. The fraction of sp³-hybridized carbons (Fsp3) is 0.0952. The molecule has 4 rings (SSSR count). The maximum absolute atomic E-state index is 12.2. The molecule has 2 aromatic heterocycles. The van der Waals surface area contributed by atoms with Gasteiger partial charge in [0, 0.05) is 6.20 Å². The minimum Gasteiger partial charge on any atom is -0.495 e. The first-order valence-electron chi connectivity index (χ1n) is 8.70. The monoisotopic (exact) mass is 368 g/mol. The molecular weight excluding hydrogens is 351 g/mol. The van der Waals surface area contributed by atoms with Gasteiger partial charge in [-0.15, -0.1) is 0 Å². The summed E-state index contributed by atoms with van der Waals surface area (Å²) in [5, 5.41) is 0.507. The number of hydrogen-bond donors (Lipinski definition) is 1. The van der Waals surface area contributed by atoms with E-state index in [0.29, 0.717) is 27.9 Å². The van der Waals surface area contributed by atoms with Crippen LogP contribution in [0.4, 0.5) is 0 Å². The zero-order valence-corrected chi connectivity index (χ0v) is 15.5. The molecule has 136 valence electrons. The summed E-state index contributed by atoms with van der Waals surface area (Å²) in [6, 6.07) is 10.9. The van der Waals surface area contributed by atoms with Gasteiger partial charge in [0.1, 0.15) is 19.4 Å². The molecule has 0 spiro atoms. The third-order valence-electron chi connectivity index (χ3n) is 4.38. The van der Waals surface area contributed by atoms with Crippen molar-refractivity contribution >= 4 is 36.4 Å². The van der Waals surface area contributed by atoms with Gasteiger partial charge < -0.3 is 14.3 Å². The Balaban J connectivity index is 1.68. The van der Waals surface area contributed by atoms with Gasteiger partial charge in [-0.1, -0.05) is 23.7 Å². The number of fused-ring (bicyclic) bond motifs is 1. The van der Waals surface area contributed by atoms with Crippen molar-refractivity contribution in [3.8, 4) is 11.4 Å². The average Bonchev–Trinajstić information content (AvgIpc) is 3.12. The van der Waals surface area contributed by atoms with Crippen LogP contribution in [0.1, 0.15) is 17.1 Å². The Morgan fingerprint density at radius 3 is 2.79 bits per heavy atom. The van der Waals surface area contributed by atoms with Crippen molar-refractivity contribution in [3.05, 3.63) is 76.4 Å². The molecule has 0 aliphatic heterocycles. The predicted molar refractivity (Wildman–Crippen MR) is 112 cm³/mol. The number of rotatable bonds is 4. The summed E-state index contributed by atoms with van der Waals surface area (Å²) < 4.78 is 7.43. The standard InChI is InChI=1S/C21H17BN4O2/c1-13-11-26(12-23-13)18-7-3-14(9-19(18)28-2)4-8-20-24-17-10-15(22)5-6-16(17)21(27)25-20/h3-12H,1-2H3,(H,24,25,27)/b8-4+. The van der Waals surface area contributed by atoms with E-state index in [-0.39, 0.29) is 5.56 Å². The van der Waals surface area contributed by atoms with Crippen molar-refractivity contribution < 1.29 is 4.74 Å². The molecular formula is C21H17BN4O2. The van der Waals surface area contributed by atoms with E-state index >= 15 is 0 Å². The Kier molecular flexibility index (Phi) is 4.57. The number of hydrogen-bond acceptors (Lipinski definition) is 4. The second kappa shape index (κ2) is 7.19. The van der Waals surface area contributed by atoms with E-state index in [1.54, 1.807) is 37.7 Å². The summed E-state index contributed by atoms with van der Waals surface area (Å²) in [6.07, 6.45) is 7.29. The third kappa shape index (κ3) is 3.46. The minimum absolute atomic E-state index is 0.201. The van der Waals surface area contributed by atoms with Crippen LogP contribution < -0.4 is 15.8 Å². The number of H-pyrrole nitrogens is 1. The molecule has 28 heavy (non-hydrogen) atoms. The van der Waals surface area contributed by atoms with E-state index in [4.69, 9.17) is 12.6 Å². The van der Waals surface area contributed by atoms with Crippen LogP contribution in [0.5, 0.6) is 5.75 Å². The molecule has 2 aromatic carbocycles. The molecule has 0 saturated carbocycles. The highest BCUT2D eigenvalue weighted by molar-refractivity contribution is 6.33. The Bertz CT molecular complexity index is 1260. The Labute approximate surface area is 163 Å². The topological polar surface area (TPSA) is 72.8 Å². The summed E-state index contributed by atoms with van der Waals surface area (Å²) in [7, 11) is 7.42. The van der Waals surface area contributed by atoms with Crippen molar-refractivity contribution in [2.75, 3.05) is 7.11 Å². The van der Waals surface area contributed by atoms with Crippen LogP contribution in [0.15, 0.2) is 53.7 Å². The van der Waals surface area contributed by atoms with Gasteiger partial charge in [-0.2, -0.15) is 0 Å². The van der Waals surface area contributed by atoms with Crippen LogP contribution in [0.25, 0.3) is 28.7 Å². The van der Waals surface area contributed by atoms with E-state index in [1.807, 2.05) is 42.0 Å². The SMILES string of the molecule is [B]c1ccc2c(=O)[nH]c(/C=C/c3ccc(-n4cnc(C)c4)c(OC)c3)nc2c1. The molecule has 0 aliphatic rings. The zero-order valence-electron chi connectivity index (χ0n) is 15.5. The lowest BCUT2D eigenvalue weighted by atomic mass is 9.95. The van der Waals surface area contributed by atoms with Gasteiger partial charge in [0.05, 0.1) is 35.7 Å². The first-order valence-corrected chi connectivity index (χ1v) is 8.70. The van der Waals surface area contributed by atoms with Crippen LogP contribution in [0.3, 0.4) is 0 Å². The van der Waals surface area contributed by atoms with E-state index < -0.39 is 0 Å². The van der Waals surface area contributed by atoms with E-state index in [1.165, 1.54) is 0 Å². The summed E-state index contributed by atoms with van der Waals surface area (Å²) in [6.45, 7) is 1.94. The van der Waals surface area contributed by atoms with E-state index in [2.05, 4.69) is 15.0 Å². The average molecular weight is 368 g/mol. The maximum Gasteiger partial charge on any atom is 0.259 e. The normalized spacial score (nSPS) is 11.4. The van der Waals surface area contributed by atoms with Gasteiger partial charge in [-0.05, 0) is 42.8 Å². The predicted octanol–water partition coefficient (Wildman–Crippen LogP) is 2.39. The number of aromatic amines is 1. The summed E-state index contributed by atoms with van der Waals surface area (Å²) in [5.74, 6) is 1.17. The molecule has 2 radical (unpaired) electrons. The zero-order chi connectivity index (χ0) is 19.7. The number of aryl methyl sites for hydroxylation is 1. The molecule has 0 unspecified atom stereocenters. The van der Waals surface area contributed by atoms with Gasteiger partial charge in [-0.3, -0.25) is 4.79 Å². The molecule has 0 fully saturated rings. The van der Waals surface area contributed by atoms with Gasteiger partial charge in [0.2, 0.25) is 0 Å². The Morgan fingerprint density at radius 2 is 2.04 bits per heavy atom. The van der Waals surface area contributed by atoms with Crippen molar-refractivity contribution in [2.24, 2.45) is 0 Å². The summed E-state index contributed by atoms with van der Waals surface area (Å²) >= 11 is 0. The number of imidazole rings is 1. The third-order valence-corrected chi connectivity index (χ3v) is 4.38. The molecule has 0 aliphatic carbocycles. The highest BCUT2D eigenvalue weighted by Gasteiger charge is 2.07. The van der Waals surface area contributed by atoms with Crippen molar-refractivity contribution in [3.63, 3.8) is 0 Å². The lowest BCUT2D eigenvalue weighted by Crippen LogP contribution is -2.12. The van der Waals surface area contributed by atoms with Gasteiger partial charge >= 0.3 is 0 Å². The largest absolute Gasteiger partial charge is 0.495 e. The van der Waals surface area contributed by atoms with Gasteiger partial charge in [-0.25, -0.2) is 9.97 Å². The molecule has 2 heterocycles. The number of ether oxygens (including phenoxy) is 1. The second-order valence-electron chi connectivity index (χ2n) is 6.41. The minimum atomic E-state index is -0.201. The fourth-order valence-electron chi connectivity index (χ4n) is 2.99. The molecule has 7 heteroatoms. The second-order valence-corrected chi connectivity index (χ2v) is 6.41. The van der Waals surface area contributed by atoms with Crippen LogP contribution in [0, 0.1) is 6.92 Å². The number of nitrogens with one attached hydrogen (secondary N) is 1. The van der Waals surface area contributed by atoms with Crippen LogP contribution in [-0.4, -0.2) is 34.5 Å². The number of methoxy groups -OCH3 is 1. The first kappa shape index (κ1) is 17.8. The number of aromatic nitrogens is 4. The fourth-order valence-corrected chi connectivity index (χ4v) is 2.99. The van der Waals surface area contributed by atoms with E-state index in [0.717, 1.165) is 16.9 Å². The lowest BCUT2D eigenvalue weighted by molar-refractivity contribution is 0.413. The highest BCUT2D eigenvalue weighted by atomic mass is 16.5. The van der Waals surface area contributed by atoms with Crippen LogP contribution in [0.2, 0.25) is 0 Å². The Hall–Kier alpha value is -3.61. The van der Waals surface area contributed by atoms with E-state index in [9.17, 15) is 4.79 Å². The molecule has 4 aromatic rings. The van der Waals surface area contributed by atoms with Crippen molar-refractivity contribution in [2.45, 2.75) is 6.92 Å². The molecule has 0 bridgehead atoms. The van der Waals surface area contributed by atoms with Crippen LogP contribution in [-0.2, 0) is 0 Å². The van der Waals surface area contributed by atoms with Gasteiger partial charge in [0.15, 0.2) is 0 Å². The van der Waals surface area contributed by atoms with Crippen molar-refractivity contribution in [1.29, 1.82) is 0 Å². The number of nitrogens with zero attached hydrogens (tertiary/aromatic N) is 3.